The van der Waals surface area contributed by atoms with Gasteiger partial charge in [-0.05, 0) is 54.7 Å². The number of hydrogen-bond donors (Lipinski definition) is 0. The Morgan fingerprint density at radius 3 is 2.39 bits per heavy atom. The molecule has 0 radical (unpaired) electrons. The Balaban J connectivity index is 1.93. The smallest absolute Gasteiger partial charge is 0.0872 e. The third-order valence-electron chi connectivity index (χ3n) is 3.91. The van der Waals surface area contributed by atoms with E-state index in [9.17, 15) is 4.39 Å². The van der Waals surface area contributed by atoms with E-state index in [-0.39, 0.29) is 0 Å². The number of ether oxygens (including phenoxy) is 1. The molecule has 0 N–H and O–H groups in total. The maximum Gasteiger partial charge on any atom is 0.0872 e. The van der Waals surface area contributed by atoms with Crippen LogP contribution >= 0.6 is 0 Å². The second kappa shape index (κ2) is 6.69. The average molecular weight is 248 g/mol. The maximum absolute atomic E-state index is 12.1. The fourth-order valence-corrected chi connectivity index (χ4v) is 2.85. The summed E-state index contributed by atoms with van der Waals surface area (Å²) in [6, 6.07) is 8.26. The van der Waals surface area contributed by atoms with Gasteiger partial charge in [-0.25, -0.2) is 4.39 Å². The number of hydrogen-bond acceptors (Lipinski definition) is 1. The molecular formula is C16H21FO. The number of benzene rings is 1. The van der Waals surface area contributed by atoms with Gasteiger partial charge in [0.2, 0.25) is 0 Å². The maximum atomic E-state index is 12.1. The highest BCUT2D eigenvalue weighted by Gasteiger charge is 2.21. The highest BCUT2D eigenvalue weighted by Crippen LogP contribution is 2.35. The molecule has 1 fully saturated rings. The van der Waals surface area contributed by atoms with E-state index < -0.39 is 0 Å². The van der Waals surface area contributed by atoms with Crippen LogP contribution in [0.15, 0.2) is 30.6 Å². The predicted octanol–water partition coefficient (Wildman–Crippen LogP) is 4.55. The molecule has 0 aliphatic heterocycles. The highest BCUT2D eigenvalue weighted by molar-refractivity contribution is 5.48. The van der Waals surface area contributed by atoms with E-state index in [0.29, 0.717) is 12.2 Å². The lowest BCUT2D eigenvalue weighted by Gasteiger charge is -2.28. The van der Waals surface area contributed by atoms with Crippen molar-refractivity contribution < 1.29 is 9.13 Å². The number of methoxy groups -OCH3 is 1. The Kier molecular flexibility index (Phi) is 4.94. The highest BCUT2D eigenvalue weighted by atomic mass is 19.1. The van der Waals surface area contributed by atoms with E-state index in [0.717, 1.165) is 18.1 Å². The van der Waals surface area contributed by atoms with Gasteiger partial charge < -0.3 is 4.74 Å². The lowest BCUT2D eigenvalue weighted by molar-refractivity contribution is 0.127. The summed E-state index contributed by atoms with van der Waals surface area (Å²) in [4.78, 5) is 0. The van der Waals surface area contributed by atoms with Crippen molar-refractivity contribution in [2.45, 2.75) is 31.6 Å². The molecule has 1 nitrogen and oxygen atoms in total. The molecule has 98 valence electrons. The Morgan fingerprint density at radius 1 is 1.17 bits per heavy atom. The van der Waals surface area contributed by atoms with Crippen LogP contribution in [-0.2, 0) is 4.74 Å². The quantitative estimate of drug-likeness (QED) is 0.759. The molecule has 1 aromatic carbocycles. The molecule has 1 aliphatic rings. The minimum atomic E-state index is 0.588. The average Bonchev–Trinajstić information content (AvgIpc) is 2.41. The van der Waals surface area contributed by atoms with Crippen LogP contribution in [0.3, 0.4) is 0 Å². The van der Waals surface area contributed by atoms with Crippen LogP contribution in [0.2, 0.25) is 0 Å². The summed E-state index contributed by atoms with van der Waals surface area (Å²) in [5.41, 5.74) is 2.32. The third-order valence-corrected chi connectivity index (χ3v) is 3.91. The zero-order valence-corrected chi connectivity index (χ0v) is 10.9. The third kappa shape index (κ3) is 3.42. The van der Waals surface area contributed by atoms with Gasteiger partial charge in [0.15, 0.2) is 0 Å². The van der Waals surface area contributed by atoms with Gasteiger partial charge in [-0.2, -0.15) is 0 Å². The van der Waals surface area contributed by atoms with Crippen molar-refractivity contribution in [3.8, 4) is 0 Å². The van der Waals surface area contributed by atoms with Gasteiger partial charge in [-0.15, -0.1) is 0 Å². The first-order valence-corrected chi connectivity index (χ1v) is 6.69. The summed E-state index contributed by atoms with van der Waals surface area (Å²) < 4.78 is 17.3. The fraction of sp³-hybridized carbons (Fsp3) is 0.500. The van der Waals surface area contributed by atoms with Crippen molar-refractivity contribution in [3.63, 3.8) is 0 Å². The van der Waals surface area contributed by atoms with E-state index in [1.54, 1.807) is 7.11 Å². The van der Waals surface area contributed by atoms with Crippen LogP contribution < -0.4 is 0 Å². The minimum absolute atomic E-state index is 0.588. The second-order valence-electron chi connectivity index (χ2n) is 5.13. The number of halogens is 1. The lowest BCUT2D eigenvalue weighted by atomic mass is 9.79. The van der Waals surface area contributed by atoms with Crippen molar-refractivity contribution in [3.05, 3.63) is 41.7 Å². The molecule has 2 heteroatoms. The first-order chi connectivity index (χ1) is 8.83. The summed E-state index contributed by atoms with van der Waals surface area (Å²) in [7, 11) is 1.78. The van der Waals surface area contributed by atoms with Crippen LogP contribution in [0.25, 0.3) is 6.08 Å². The van der Waals surface area contributed by atoms with E-state index >= 15 is 0 Å². The van der Waals surface area contributed by atoms with Crippen LogP contribution in [-0.4, -0.2) is 13.7 Å². The Hall–Kier alpha value is -1.15. The van der Waals surface area contributed by atoms with Crippen LogP contribution in [0.1, 0.15) is 42.7 Å². The molecule has 0 spiro atoms. The molecule has 0 heterocycles. The monoisotopic (exact) mass is 248 g/mol. The molecule has 2 rings (SSSR count). The Labute approximate surface area is 109 Å². The van der Waals surface area contributed by atoms with Crippen molar-refractivity contribution in [2.24, 2.45) is 5.92 Å². The molecule has 0 unspecified atom stereocenters. The fourth-order valence-electron chi connectivity index (χ4n) is 2.85. The van der Waals surface area contributed by atoms with Gasteiger partial charge in [0.25, 0.3) is 0 Å². The number of rotatable bonds is 4. The largest absolute Gasteiger partial charge is 0.384 e. The van der Waals surface area contributed by atoms with E-state index in [2.05, 4.69) is 12.1 Å². The second-order valence-corrected chi connectivity index (χ2v) is 5.13. The molecule has 18 heavy (non-hydrogen) atoms. The van der Waals surface area contributed by atoms with Gasteiger partial charge in [0.05, 0.1) is 6.33 Å². The van der Waals surface area contributed by atoms with Gasteiger partial charge >= 0.3 is 0 Å². The van der Waals surface area contributed by atoms with Gasteiger partial charge in [0, 0.05) is 13.7 Å². The zero-order valence-electron chi connectivity index (χ0n) is 10.9. The van der Waals surface area contributed by atoms with Crippen LogP contribution in [0.5, 0.6) is 0 Å². The van der Waals surface area contributed by atoms with E-state index in [1.165, 1.54) is 37.3 Å². The summed E-state index contributed by atoms with van der Waals surface area (Å²) in [6.07, 6.45) is 7.07. The van der Waals surface area contributed by atoms with Crippen molar-refractivity contribution in [2.75, 3.05) is 13.7 Å². The van der Waals surface area contributed by atoms with Crippen molar-refractivity contribution >= 4 is 6.08 Å². The normalized spacial score (nSPS) is 24.6. The van der Waals surface area contributed by atoms with Gasteiger partial charge in [-0.1, -0.05) is 24.3 Å². The summed E-state index contributed by atoms with van der Waals surface area (Å²) in [6.45, 7) is 0.896. The zero-order chi connectivity index (χ0) is 12.8. The summed E-state index contributed by atoms with van der Waals surface area (Å²) in [5, 5.41) is 0. The molecule has 1 aromatic rings. The van der Waals surface area contributed by atoms with Crippen LogP contribution in [0.4, 0.5) is 4.39 Å². The molecule has 1 saturated carbocycles. The Morgan fingerprint density at radius 2 is 1.83 bits per heavy atom. The van der Waals surface area contributed by atoms with Gasteiger partial charge in [-0.3, -0.25) is 0 Å². The van der Waals surface area contributed by atoms with E-state index in [1.807, 2.05) is 12.1 Å². The van der Waals surface area contributed by atoms with Gasteiger partial charge in [0.1, 0.15) is 0 Å². The minimum Gasteiger partial charge on any atom is -0.384 e. The first-order valence-electron chi connectivity index (χ1n) is 6.69. The predicted molar refractivity (Wildman–Crippen MR) is 73.2 cm³/mol. The molecule has 1 aliphatic carbocycles. The molecule has 0 atom stereocenters. The molecular weight excluding hydrogens is 227 g/mol. The lowest BCUT2D eigenvalue weighted by Crippen LogP contribution is -2.17. The molecule has 0 bridgehead atoms. The van der Waals surface area contributed by atoms with E-state index in [4.69, 9.17) is 4.74 Å². The topological polar surface area (TPSA) is 9.23 Å². The first kappa shape index (κ1) is 13.3. The van der Waals surface area contributed by atoms with Crippen molar-refractivity contribution in [1.29, 1.82) is 0 Å². The summed E-state index contributed by atoms with van der Waals surface area (Å²) >= 11 is 0. The summed E-state index contributed by atoms with van der Waals surface area (Å²) in [5.74, 6) is 1.40. The SMILES string of the molecule is COC[C@H]1CC[C@H](c2ccc(C=CF)cc2)CC1. The van der Waals surface area contributed by atoms with Crippen LogP contribution in [0, 0.1) is 5.92 Å². The van der Waals surface area contributed by atoms with Crippen molar-refractivity contribution in [1.82, 2.24) is 0 Å². The molecule has 0 amide bonds. The standard InChI is InChI=1S/C16H21FO/c1-18-12-14-4-8-16(9-5-14)15-6-2-13(3-7-15)10-11-17/h2-3,6-7,10-11,14,16H,4-5,8-9,12H2,1H3/t14-,16-. The molecule has 0 saturated heterocycles. The Bertz CT molecular complexity index is 375. The molecule has 0 aromatic heterocycles.